The standard InChI is InChI=1S/C20H28O2/c1-5-6-7-9-17(10-8-15-20(3,4)22)19(21)18-13-11-16(2)12-14-18/h10-14,19,21-22H,5-7,9H2,1-4H3/b17-10-. The number of rotatable bonds is 6. The van der Waals surface area contributed by atoms with Crippen LogP contribution < -0.4 is 0 Å². The molecule has 0 saturated heterocycles. The maximum Gasteiger partial charge on any atom is 0.120 e. The maximum absolute atomic E-state index is 10.6. The molecule has 0 aliphatic carbocycles. The first-order valence-corrected chi connectivity index (χ1v) is 8.02. The predicted molar refractivity (Wildman–Crippen MR) is 92.4 cm³/mol. The van der Waals surface area contributed by atoms with Gasteiger partial charge >= 0.3 is 0 Å². The minimum atomic E-state index is -1.01. The molecular weight excluding hydrogens is 272 g/mol. The van der Waals surface area contributed by atoms with Crippen molar-refractivity contribution in [1.29, 1.82) is 0 Å². The zero-order valence-corrected chi connectivity index (χ0v) is 14.2. The Bertz CT molecular complexity index is 536. The van der Waals surface area contributed by atoms with Crippen LogP contribution in [0.25, 0.3) is 0 Å². The Kier molecular flexibility index (Phi) is 7.38. The molecule has 1 rings (SSSR count). The molecule has 0 aliphatic rings. The van der Waals surface area contributed by atoms with Gasteiger partial charge in [-0.05, 0) is 50.8 Å². The van der Waals surface area contributed by atoms with Gasteiger partial charge < -0.3 is 10.2 Å². The largest absolute Gasteiger partial charge is 0.384 e. The smallest absolute Gasteiger partial charge is 0.120 e. The van der Waals surface area contributed by atoms with Crippen molar-refractivity contribution >= 4 is 0 Å². The second kappa shape index (κ2) is 8.78. The van der Waals surface area contributed by atoms with Gasteiger partial charge in [-0.15, -0.1) is 0 Å². The summed E-state index contributed by atoms with van der Waals surface area (Å²) in [6.45, 7) is 7.50. The molecule has 2 nitrogen and oxygen atoms in total. The van der Waals surface area contributed by atoms with E-state index in [9.17, 15) is 10.2 Å². The van der Waals surface area contributed by atoms with Crippen LogP contribution in [0.15, 0.2) is 35.9 Å². The Balaban J connectivity index is 2.94. The van der Waals surface area contributed by atoms with Gasteiger partial charge in [0, 0.05) is 0 Å². The monoisotopic (exact) mass is 300 g/mol. The Morgan fingerprint density at radius 1 is 1.23 bits per heavy atom. The van der Waals surface area contributed by atoms with E-state index < -0.39 is 11.7 Å². The summed E-state index contributed by atoms with van der Waals surface area (Å²) in [5.74, 6) is 5.67. The second-order valence-corrected chi connectivity index (χ2v) is 6.32. The van der Waals surface area contributed by atoms with Crippen molar-refractivity contribution in [3.05, 3.63) is 47.0 Å². The van der Waals surface area contributed by atoms with E-state index in [-0.39, 0.29) is 0 Å². The van der Waals surface area contributed by atoms with Crippen LogP contribution in [0.4, 0.5) is 0 Å². The topological polar surface area (TPSA) is 40.5 Å². The third-order valence-corrected chi connectivity index (χ3v) is 3.45. The number of hydrogen-bond acceptors (Lipinski definition) is 2. The highest BCUT2D eigenvalue weighted by molar-refractivity contribution is 5.33. The van der Waals surface area contributed by atoms with Crippen LogP contribution in [0.1, 0.15) is 63.7 Å². The molecule has 0 amide bonds. The summed E-state index contributed by atoms with van der Waals surface area (Å²) in [6, 6.07) is 7.92. The van der Waals surface area contributed by atoms with Crippen LogP contribution in [0.3, 0.4) is 0 Å². The summed E-state index contributed by atoms with van der Waals surface area (Å²) in [5.41, 5.74) is 1.96. The van der Waals surface area contributed by atoms with Crippen molar-refractivity contribution in [1.82, 2.24) is 0 Å². The molecule has 0 saturated carbocycles. The lowest BCUT2D eigenvalue weighted by Gasteiger charge is -2.15. The molecule has 1 aromatic carbocycles. The van der Waals surface area contributed by atoms with Crippen LogP contribution in [0.5, 0.6) is 0 Å². The van der Waals surface area contributed by atoms with E-state index in [1.165, 1.54) is 5.56 Å². The van der Waals surface area contributed by atoms with Gasteiger partial charge in [-0.25, -0.2) is 0 Å². The maximum atomic E-state index is 10.6. The summed E-state index contributed by atoms with van der Waals surface area (Å²) in [5, 5.41) is 20.3. The first-order chi connectivity index (χ1) is 10.3. The lowest BCUT2D eigenvalue weighted by molar-refractivity contribution is 0.143. The minimum Gasteiger partial charge on any atom is -0.384 e. The van der Waals surface area contributed by atoms with Gasteiger partial charge in [0.1, 0.15) is 11.7 Å². The van der Waals surface area contributed by atoms with Crippen molar-refractivity contribution < 1.29 is 10.2 Å². The third-order valence-electron chi connectivity index (χ3n) is 3.45. The fraction of sp³-hybridized carbons (Fsp3) is 0.500. The molecule has 2 heteroatoms. The van der Waals surface area contributed by atoms with E-state index in [1.807, 2.05) is 31.2 Å². The van der Waals surface area contributed by atoms with Gasteiger partial charge in [0.05, 0.1) is 0 Å². The molecule has 0 spiro atoms. The molecule has 0 aliphatic heterocycles. The highest BCUT2D eigenvalue weighted by Gasteiger charge is 2.13. The first-order valence-electron chi connectivity index (χ1n) is 8.02. The summed E-state index contributed by atoms with van der Waals surface area (Å²) in [6.07, 6.45) is 5.27. The zero-order valence-electron chi connectivity index (χ0n) is 14.2. The molecular formula is C20H28O2. The Morgan fingerprint density at radius 2 is 1.86 bits per heavy atom. The Morgan fingerprint density at radius 3 is 2.41 bits per heavy atom. The van der Waals surface area contributed by atoms with Crippen LogP contribution in [-0.2, 0) is 0 Å². The van der Waals surface area contributed by atoms with Gasteiger partial charge in [0.15, 0.2) is 0 Å². The van der Waals surface area contributed by atoms with Gasteiger partial charge in [0.25, 0.3) is 0 Å². The summed E-state index contributed by atoms with van der Waals surface area (Å²) in [4.78, 5) is 0. The molecule has 1 atom stereocenters. The third kappa shape index (κ3) is 6.93. The molecule has 0 aromatic heterocycles. The van der Waals surface area contributed by atoms with Crippen LogP contribution >= 0.6 is 0 Å². The molecule has 1 aromatic rings. The van der Waals surface area contributed by atoms with Crippen LogP contribution in [0.2, 0.25) is 0 Å². The van der Waals surface area contributed by atoms with Gasteiger partial charge in [-0.1, -0.05) is 61.4 Å². The van der Waals surface area contributed by atoms with Crippen molar-refractivity contribution in [3.8, 4) is 11.8 Å². The molecule has 120 valence electrons. The van der Waals surface area contributed by atoms with E-state index in [0.29, 0.717) is 0 Å². The van der Waals surface area contributed by atoms with Crippen LogP contribution in [0, 0.1) is 18.8 Å². The van der Waals surface area contributed by atoms with E-state index in [2.05, 4.69) is 18.8 Å². The van der Waals surface area contributed by atoms with Crippen molar-refractivity contribution in [2.45, 2.75) is 65.1 Å². The molecule has 1 unspecified atom stereocenters. The number of hydrogen-bond donors (Lipinski definition) is 2. The first kappa shape index (κ1) is 18.5. The Labute approximate surface area is 134 Å². The highest BCUT2D eigenvalue weighted by Crippen LogP contribution is 2.26. The zero-order chi connectivity index (χ0) is 16.6. The lowest BCUT2D eigenvalue weighted by Crippen LogP contribution is -2.14. The predicted octanol–water partition coefficient (Wildman–Crippen LogP) is 4.31. The minimum absolute atomic E-state index is 0.631. The van der Waals surface area contributed by atoms with Crippen molar-refractivity contribution in [2.24, 2.45) is 0 Å². The van der Waals surface area contributed by atoms with E-state index in [0.717, 1.165) is 36.8 Å². The van der Waals surface area contributed by atoms with Gasteiger partial charge in [-0.2, -0.15) is 0 Å². The summed E-state index contributed by atoms with van der Waals surface area (Å²) >= 11 is 0. The van der Waals surface area contributed by atoms with E-state index in [4.69, 9.17) is 0 Å². The number of unbranched alkanes of at least 4 members (excludes halogenated alkanes) is 2. The molecule has 2 N–H and O–H groups in total. The van der Waals surface area contributed by atoms with Crippen molar-refractivity contribution in [2.75, 3.05) is 0 Å². The molecule has 0 fully saturated rings. The van der Waals surface area contributed by atoms with E-state index in [1.54, 1.807) is 19.9 Å². The average molecular weight is 300 g/mol. The fourth-order valence-corrected chi connectivity index (χ4v) is 2.14. The molecule has 22 heavy (non-hydrogen) atoms. The highest BCUT2D eigenvalue weighted by atomic mass is 16.3. The van der Waals surface area contributed by atoms with Crippen molar-refractivity contribution in [3.63, 3.8) is 0 Å². The number of benzene rings is 1. The number of aryl methyl sites for hydroxylation is 1. The second-order valence-electron chi connectivity index (χ2n) is 6.32. The average Bonchev–Trinajstić information content (AvgIpc) is 2.45. The summed E-state index contributed by atoms with van der Waals surface area (Å²) in [7, 11) is 0. The lowest BCUT2D eigenvalue weighted by atomic mass is 9.95. The quantitative estimate of drug-likeness (QED) is 0.607. The number of aliphatic hydroxyl groups excluding tert-OH is 1. The summed E-state index contributed by atoms with van der Waals surface area (Å²) < 4.78 is 0. The van der Waals surface area contributed by atoms with Crippen LogP contribution in [-0.4, -0.2) is 15.8 Å². The molecule has 0 bridgehead atoms. The van der Waals surface area contributed by atoms with Gasteiger partial charge in [0.2, 0.25) is 0 Å². The van der Waals surface area contributed by atoms with Gasteiger partial charge in [-0.3, -0.25) is 0 Å². The Hall–Kier alpha value is -1.56. The molecule has 0 radical (unpaired) electrons. The fourth-order valence-electron chi connectivity index (χ4n) is 2.14. The SMILES string of the molecule is CCCCC/C(=C/C#CC(C)(C)O)C(O)c1ccc(C)cc1. The number of aliphatic hydroxyl groups is 2. The van der Waals surface area contributed by atoms with E-state index >= 15 is 0 Å². The number of allylic oxidation sites excluding steroid dienone is 1. The normalized spacial score (nSPS) is 13.5. The molecule has 0 heterocycles.